The standard InChI is InChI=1S/C13H14F2N2O2/c1-16(2)12(18)9-6-17(7-9)13(19)8-3-4-10(14)11(15)5-8/h3-5,9H,6-7H2,1-2H3. The molecule has 0 N–H and O–H groups in total. The Balaban J connectivity index is 2.00. The largest absolute Gasteiger partial charge is 0.348 e. The minimum absolute atomic E-state index is 0.0330. The summed E-state index contributed by atoms with van der Waals surface area (Å²) in [5.74, 6) is -2.66. The summed E-state index contributed by atoms with van der Waals surface area (Å²) in [5, 5.41) is 0. The maximum atomic E-state index is 13.0. The fraction of sp³-hybridized carbons (Fsp3) is 0.385. The van der Waals surface area contributed by atoms with Crippen molar-refractivity contribution in [3.8, 4) is 0 Å². The minimum atomic E-state index is -1.05. The van der Waals surface area contributed by atoms with Gasteiger partial charge in [0.1, 0.15) is 0 Å². The van der Waals surface area contributed by atoms with Gasteiger partial charge >= 0.3 is 0 Å². The van der Waals surface area contributed by atoms with Crippen LogP contribution in [-0.2, 0) is 4.79 Å². The topological polar surface area (TPSA) is 40.6 Å². The van der Waals surface area contributed by atoms with E-state index in [9.17, 15) is 18.4 Å². The highest BCUT2D eigenvalue weighted by Gasteiger charge is 2.36. The Morgan fingerprint density at radius 3 is 2.37 bits per heavy atom. The Hall–Kier alpha value is -1.98. The summed E-state index contributed by atoms with van der Waals surface area (Å²) in [4.78, 5) is 26.5. The summed E-state index contributed by atoms with van der Waals surface area (Å²) in [6.07, 6.45) is 0. The molecule has 1 aromatic carbocycles. The number of halogens is 2. The number of hydrogen-bond acceptors (Lipinski definition) is 2. The molecule has 19 heavy (non-hydrogen) atoms. The van der Waals surface area contributed by atoms with Crippen LogP contribution in [0.5, 0.6) is 0 Å². The van der Waals surface area contributed by atoms with Gasteiger partial charge in [-0.1, -0.05) is 0 Å². The molecule has 0 aromatic heterocycles. The molecule has 0 saturated carbocycles. The van der Waals surface area contributed by atoms with E-state index in [2.05, 4.69) is 0 Å². The summed E-state index contributed by atoms with van der Waals surface area (Å²) in [7, 11) is 3.31. The van der Waals surface area contributed by atoms with Crippen molar-refractivity contribution in [3.63, 3.8) is 0 Å². The summed E-state index contributed by atoms with van der Waals surface area (Å²) in [6.45, 7) is 0.629. The summed E-state index contributed by atoms with van der Waals surface area (Å²) in [5.41, 5.74) is 0.0923. The van der Waals surface area contributed by atoms with Gasteiger partial charge in [-0.15, -0.1) is 0 Å². The number of likely N-dealkylation sites (tertiary alicyclic amines) is 1. The lowest BCUT2D eigenvalue weighted by atomic mass is 9.97. The monoisotopic (exact) mass is 268 g/mol. The van der Waals surface area contributed by atoms with Crippen molar-refractivity contribution in [1.29, 1.82) is 0 Å². The van der Waals surface area contributed by atoms with Crippen LogP contribution in [0.4, 0.5) is 8.78 Å². The van der Waals surface area contributed by atoms with Gasteiger partial charge < -0.3 is 9.80 Å². The third-order valence-corrected chi connectivity index (χ3v) is 3.13. The van der Waals surface area contributed by atoms with E-state index in [0.29, 0.717) is 13.1 Å². The molecule has 1 fully saturated rings. The van der Waals surface area contributed by atoms with E-state index in [1.54, 1.807) is 14.1 Å². The smallest absolute Gasteiger partial charge is 0.254 e. The van der Waals surface area contributed by atoms with Crippen LogP contribution < -0.4 is 0 Å². The van der Waals surface area contributed by atoms with E-state index in [1.807, 2.05) is 0 Å². The Morgan fingerprint density at radius 1 is 1.21 bits per heavy atom. The number of carbonyl (C=O) groups excluding carboxylic acids is 2. The SMILES string of the molecule is CN(C)C(=O)C1CN(C(=O)c2ccc(F)c(F)c2)C1. The third-order valence-electron chi connectivity index (χ3n) is 3.13. The first-order valence-electron chi connectivity index (χ1n) is 5.85. The highest BCUT2D eigenvalue weighted by Crippen LogP contribution is 2.21. The highest BCUT2D eigenvalue weighted by molar-refractivity contribution is 5.96. The predicted octanol–water partition coefficient (Wildman–Crippen LogP) is 1.12. The summed E-state index contributed by atoms with van der Waals surface area (Å²) < 4.78 is 25.8. The number of nitrogens with zero attached hydrogens (tertiary/aromatic N) is 2. The van der Waals surface area contributed by atoms with Crippen LogP contribution >= 0.6 is 0 Å². The van der Waals surface area contributed by atoms with E-state index in [-0.39, 0.29) is 23.3 Å². The molecule has 1 aromatic rings. The molecule has 4 nitrogen and oxygen atoms in total. The lowest BCUT2D eigenvalue weighted by molar-refractivity contribution is -0.137. The van der Waals surface area contributed by atoms with Gasteiger partial charge in [0, 0.05) is 32.7 Å². The van der Waals surface area contributed by atoms with Crippen LogP contribution in [0.1, 0.15) is 10.4 Å². The average Bonchev–Trinajstić information content (AvgIpc) is 2.30. The van der Waals surface area contributed by atoms with Crippen LogP contribution in [-0.4, -0.2) is 48.8 Å². The van der Waals surface area contributed by atoms with Gasteiger partial charge in [0.05, 0.1) is 5.92 Å². The van der Waals surface area contributed by atoms with E-state index in [0.717, 1.165) is 12.1 Å². The van der Waals surface area contributed by atoms with Crippen molar-refractivity contribution in [3.05, 3.63) is 35.4 Å². The Bertz CT molecular complexity index is 525. The van der Waals surface area contributed by atoms with E-state index in [1.165, 1.54) is 15.9 Å². The summed E-state index contributed by atoms with van der Waals surface area (Å²) >= 11 is 0. The molecule has 0 atom stereocenters. The van der Waals surface area contributed by atoms with Crippen LogP contribution in [0, 0.1) is 17.6 Å². The van der Waals surface area contributed by atoms with Gasteiger partial charge in [-0.2, -0.15) is 0 Å². The van der Waals surface area contributed by atoms with Crippen molar-refractivity contribution in [2.24, 2.45) is 5.92 Å². The number of rotatable bonds is 2. The first-order chi connectivity index (χ1) is 8.90. The fourth-order valence-electron chi connectivity index (χ4n) is 1.98. The molecule has 0 bridgehead atoms. The lowest BCUT2D eigenvalue weighted by Crippen LogP contribution is -2.55. The van der Waals surface area contributed by atoms with Crippen molar-refractivity contribution in [1.82, 2.24) is 9.80 Å². The molecule has 2 rings (SSSR count). The zero-order valence-electron chi connectivity index (χ0n) is 10.7. The van der Waals surface area contributed by atoms with Gasteiger partial charge in [0.15, 0.2) is 11.6 Å². The van der Waals surface area contributed by atoms with Crippen LogP contribution in [0.2, 0.25) is 0 Å². The molecule has 0 aliphatic carbocycles. The van der Waals surface area contributed by atoms with Gasteiger partial charge in [-0.3, -0.25) is 9.59 Å². The zero-order valence-corrected chi connectivity index (χ0v) is 10.7. The average molecular weight is 268 g/mol. The maximum absolute atomic E-state index is 13.0. The van der Waals surface area contributed by atoms with Crippen molar-refractivity contribution in [2.75, 3.05) is 27.2 Å². The first-order valence-corrected chi connectivity index (χ1v) is 5.85. The van der Waals surface area contributed by atoms with Crippen LogP contribution in [0.15, 0.2) is 18.2 Å². The summed E-state index contributed by atoms with van der Waals surface area (Å²) in [6, 6.07) is 3.03. The quantitative estimate of drug-likeness (QED) is 0.806. The minimum Gasteiger partial charge on any atom is -0.348 e. The molecular weight excluding hydrogens is 254 g/mol. The lowest BCUT2D eigenvalue weighted by Gasteiger charge is -2.39. The van der Waals surface area contributed by atoms with Gasteiger partial charge in [0.2, 0.25) is 5.91 Å². The molecule has 2 amide bonds. The molecule has 102 valence electrons. The van der Waals surface area contributed by atoms with Gasteiger partial charge in [-0.25, -0.2) is 8.78 Å². The number of amides is 2. The molecule has 0 unspecified atom stereocenters. The fourth-order valence-corrected chi connectivity index (χ4v) is 1.98. The molecule has 1 aliphatic heterocycles. The molecule has 0 spiro atoms. The molecule has 1 saturated heterocycles. The Kier molecular flexibility index (Phi) is 3.50. The van der Waals surface area contributed by atoms with Crippen molar-refractivity contribution < 1.29 is 18.4 Å². The van der Waals surface area contributed by atoms with Crippen molar-refractivity contribution >= 4 is 11.8 Å². The maximum Gasteiger partial charge on any atom is 0.254 e. The van der Waals surface area contributed by atoms with E-state index in [4.69, 9.17) is 0 Å². The molecular formula is C13H14F2N2O2. The second-order valence-corrected chi connectivity index (χ2v) is 4.77. The number of hydrogen-bond donors (Lipinski definition) is 0. The number of benzene rings is 1. The van der Waals surface area contributed by atoms with Gasteiger partial charge in [0.25, 0.3) is 5.91 Å². The van der Waals surface area contributed by atoms with E-state index < -0.39 is 11.6 Å². The van der Waals surface area contributed by atoms with Gasteiger partial charge in [-0.05, 0) is 18.2 Å². The highest BCUT2D eigenvalue weighted by atomic mass is 19.2. The van der Waals surface area contributed by atoms with Crippen molar-refractivity contribution in [2.45, 2.75) is 0 Å². The molecule has 6 heteroatoms. The molecule has 0 radical (unpaired) electrons. The van der Waals surface area contributed by atoms with E-state index >= 15 is 0 Å². The predicted molar refractivity (Wildman–Crippen MR) is 64.4 cm³/mol. The second-order valence-electron chi connectivity index (χ2n) is 4.77. The first kappa shape index (κ1) is 13.5. The zero-order chi connectivity index (χ0) is 14.2. The van der Waals surface area contributed by atoms with Crippen LogP contribution in [0.3, 0.4) is 0 Å². The normalized spacial score (nSPS) is 15.1. The third kappa shape index (κ3) is 2.57. The second kappa shape index (κ2) is 4.95. The van der Waals surface area contributed by atoms with Crippen LogP contribution in [0.25, 0.3) is 0 Å². The number of carbonyl (C=O) groups is 2. The Labute approximate surface area is 109 Å². The Morgan fingerprint density at radius 2 is 1.84 bits per heavy atom. The molecule has 1 aliphatic rings. The molecule has 1 heterocycles.